The molecule has 0 aliphatic heterocycles. The third-order valence-corrected chi connectivity index (χ3v) is 3.98. The van der Waals surface area contributed by atoms with Crippen LogP contribution in [0.25, 0.3) is 0 Å². The van der Waals surface area contributed by atoms with Gasteiger partial charge in [0.2, 0.25) is 0 Å². The van der Waals surface area contributed by atoms with E-state index >= 15 is 0 Å². The molecule has 0 saturated carbocycles. The Bertz CT molecular complexity index is 700. The molecule has 0 saturated heterocycles. The highest BCUT2D eigenvalue weighted by molar-refractivity contribution is 6.30. The summed E-state index contributed by atoms with van der Waals surface area (Å²) in [4.78, 5) is 12.9. The minimum Gasteiger partial charge on any atom is -0.481 e. The number of nitrogens with zero attached hydrogens (tertiary/aromatic N) is 1. The predicted octanol–water partition coefficient (Wildman–Crippen LogP) is 4.59. The summed E-state index contributed by atoms with van der Waals surface area (Å²) in [6.07, 6.45) is 0. The van der Waals surface area contributed by atoms with E-state index in [1.807, 2.05) is 55.3 Å². The average Bonchev–Trinajstić information content (AvgIpc) is 2.51. The molecule has 24 heavy (non-hydrogen) atoms. The quantitative estimate of drug-likeness (QED) is 0.795. The van der Waals surface area contributed by atoms with Gasteiger partial charge in [-0.2, -0.15) is 0 Å². The summed E-state index contributed by atoms with van der Waals surface area (Å²) in [6, 6.07) is 13.3. The average molecular weight is 348 g/mol. The summed E-state index contributed by atoms with van der Waals surface area (Å²) in [6.45, 7) is 4.87. The summed E-state index contributed by atoms with van der Waals surface area (Å²) in [5.41, 5.74) is 2.09. The summed E-state index contributed by atoms with van der Waals surface area (Å²) in [5.74, 6) is 0.375. The van der Waals surface area contributed by atoms with Crippen LogP contribution in [-0.4, -0.2) is 29.6 Å². The van der Waals surface area contributed by atoms with Gasteiger partial charge < -0.3 is 14.7 Å². The van der Waals surface area contributed by atoms with Crippen LogP contribution in [0.5, 0.6) is 11.5 Å². The van der Waals surface area contributed by atoms with Crippen molar-refractivity contribution in [3.8, 4) is 11.5 Å². The minimum absolute atomic E-state index is 0.384. The van der Waals surface area contributed by atoms with Crippen LogP contribution in [0.15, 0.2) is 42.5 Å². The molecule has 2 rings (SSSR count). The molecule has 0 fully saturated rings. The van der Waals surface area contributed by atoms with Crippen LogP contribution in [-0.2, 0) is 11.3 Å². The lowest BCUT2D eigenvalue weighted by molar-refractivity contribution is -0.141. The molecule has 0 amide bonds. The maximum atomic E-state index is 10.9. The van der Waals surface area contributed by atoms with Crippen LogP contribution in [0.4, 0.5) is 0 Å². The maximum Gasteiger partial charge on any atom is 0.307 e. The maximum absolute atomic E-state index is 10.9. The monoisotopic (exact) mass is 347 g/mol. The van der Waals surface area contributed by atoms with Gasteiger partial charge in [0, 0.05) is 18.1 Å². The van der Waals surface area contributed by atoms with E-state index in [4.69, 9.17) is 21.4 Å². The number of halogens is 1. The van der Waals surface area contributed by atoms with E-state index in [2.05, 4.69) is 0 Å². The molecule has 2 aromatic carbocycles. The normalized spacial score (nSPS) is 12.2. The van der Waals surface area contributed by atoms with Gasteiger partial charge in [0.1, 0.15) is 11.5 Å². The highest BCUT2D eigenvalue weighted by Gasteiger charge is 2.13. The van der Waals surface area contributed by atoms with E-state index in [0.717, 1.165) is 22.6 Å². The molecule has 0 heterocycles. The lowest BCUT2D eigenvalue weighted by atomic mass is 10.1. The molecule has 1 unspecified atom stereocenters. The number of carboxylic acid groups (broad SMARTS) is 1. The van der Waals surface area contributed by atoms with Crippen molar-refractivity contribution in [1.82, 2.24) is 4.90 Å². The molecule has 2 aromatic rings. The van der Waals surface area contributed by atoms with Crippen LogP contribution in [0, 0.1) is 12.8 Å². The number of benzene rings is 2. The SMILES string of the molecule is Cc1cc(Cl)ccc1Oc1ccc(CN(C)CC(C)C(=O)O)cc1. The van der Waals surface area contributed by atoms with Gasteiger partial charge in [-0.05, 0) is 55.4 Å². The Morgan fingerprint density at radius 3 is 2.50 bits per heavy atom. The zero-order chi connectivity index (χ0) is 17.7. The van der Waals surface area contributed by atoms with Crippen LogP contribution >= 0.6 is 11.6 Å². The van der Waals surface area contributed by atoms with Crippen LogP contribution in [0.1, 0.15) is 18.1 Å². The second-order valence-electron chi connectivity index (χ2n) is 6.09. The van der Waals surface area contributed by atoms with Crippen molar-refractivity contribution in [1.29, 1.82) is 0 Å². The van der Waals surface area contributed by atoms with Crippen molar-refractivity contribution in [2.45, 2.75) is 20.4 Å². The fraction of sp³-hybridized carbons (Fsp3) is 0.316. The first-order valence-electron chi connectivity index (χ1n) is 7.79. The first kappa shape index (κ1) is 18.3. The van der Waals surface area contributed by atoms with Crippen molar-refractivity contribution in [2.24, 2.45) is 5.92 Å². The molecule has 0 radical (unpaired) electrons. The number of aliphatic carboxylic acids is 1. The van der Waals surface area contributed by atoms with Crippen molar-refractivity contribution >= 4 is 17.6 Å². The lowest BCUT2D eigenvalue weighted by Gasteiger charge is -2.19. The number of rotatable bonds is 7. The van der Waals surface area contributed by atoms with Crippen molar-refractivity contribution < 1.29 is 14.6 Å². The smallest absolute Gasteiger partial charge is 0.307 e. The van der Waals surface area contributed by atoms with E-state index in [1.54, 1.807) is 13.0 Å². The summed E-state index contributed by atoms with van der Waals surface area (Å²) < 4.78 is 5.87. The van der Waals surface area contributed by atoms with Crippen LogP contribution in [0.2, 0.25) is 5.02 Å². The number of ether oxygens (including phenoxy) is 1. The number of hydrogen-bond acceptors (Lipinski definition) is 3. The summed E-state index contributed by atoms with van der Waals surface area (Å²) in [5, 5.41) is 9.65. The third kappa shape index (κ3) is 5.25. The Kier molecular flexibility index (Phi) is 6.23. The second-order valence-corrected chi connectivity index (χ2v) is 6.53. The Morgan fingerprint density at radius 1 is 1.25 bits per heavy atom. The first-order valence-corrected chi connectivity index (χ1v) is 8.17. The Balaban J connectivity index is 1.96. The van der Waals surface area contributed by atoms with Gasteiger partial charge in [-0.1, -0.05) is 30.7 Å². The number of carboxylic acids is 1. The Labute approximate surface area is 147 Å². The lowest BCUT2D eigenvalue weighted by Crippen LogP contribution is -2.28. The standard InChI is InChI=1S/C19H22ClNO3/c1-13-10-16(20)6-9-18(13)24-17-7-4-15(5-8-17)12-21(3)11-14(2)19(22)23/h4-10,14H,11-12H2,1-3H3,(H,22,23). The van der Waals surface area contributed by atoms with Crippen molar-refractivity contribution in [2.75, 3.05) is 13.6 Å². The van der Waals surface area contributed by atoms with Crippen LogP contribution < -0.4 is 4.74 Å². The van der Waals surface area contributed by atoms with Crippen LogP contribution in [0.3, 0.4) is 0 Å². The highest BCUT2D eigenvalue weighted by Crippen LogP contribution is 2.27. The van der Waals surface area contributed by atoms with Gasteiger partial charge in [-0.15, -0.1) is 0 Å². The first-order chi connectivity index (χ1) is 11.3. The van der Waals surface area contributed by atoms with Gasteiger partial charge in [-0.25, -0.2) is 0 Å². The second kappa shape index (κ2) is 8.18. The molecule has 5 heteroatoms. The molecule has 0 aliphatic rings. The van der Waals surface area contributed by atoms with Gasteiger partial charge >= 0.3 is 5.97 Å². The zero-order valence-corrected chi connectivity index (χ0v) is 14.9. The fourth-order valence-electron chi connectivity index (χ4n) is 2.44. The van der Waals surface area contributed by atoms with E-state index < -0.39 is 5.97 Å². The van der Waals surface area contributed by atoms with Gasteiger partial charge in [0.15, 0.2) is 0 Å². The zero-order valence-electron chi connectivity index (χ0n) is 14.1. The molecule has 128 valence electrons. The Hall–Kier alpha value is -2.04. The van der Waals surface area contributed by atoms with E-state index in [-0.39, 0.29) is 5.92 Å². The molecule has 0 aliphatic carbocycles. The number of carbonyl (C=O) groups is 1. The molecule has 0 bridgehead atoms. The molecule has 1 N–H and O–H groups in total. The van der Waals surface area contributed by atoms with Gasteiger partial charge in [0.05, 0.1) is 5.92 Å². The topological polar surface area (TPSA) is 49.8 Å². The molecule has 0 aromatic heterocycles. The number of hydrogen-bond donors (Lipinski definition) is 1. The largest absolute Gasteiger partial charge is 0.481 e. The third-order valence-electron chi connectivity index (χ3n) is 3.75. The molecular weight excluding hydrogens is 326 g/mol. The molecule has 0 spiro atoms. The minimum atomic E-state index is -0.774. The molecule has 4 nitrogen and oxygen atoms in total. The summed E-state index contributed by atoms with van der Waals surface area (Å²) >= 11 is 5.95. The highest BCUT2D eigenvalue weighted by atomic mass is 35.5. The Morgan fingerprint density at radius 2 is 1.92 bits per heavy atom. The summed E-state index contributed by atoms with van der Waals surface area (Å²) in [7, 11) is 1.92. The van der Waals surface area contributed by atoms with Gasteiger partial charge in [-0.3, -0.25) is 4.79 Å². The van der Waals surface area contributed by atoms with E-state index in [1.165, 1.54) is 0 Å². The van der Waals surface area contributed by atoms with Crippen molar-refractivity contribution in [3.63, 3.8) is 0 Å². The fourth-order valence-corrected chi connectivity index (χ4v) is 2.67. The molecular formula is C19H22ClNO3. The molecule has 1 atom stereocenters. The van der Waals surface area contributed by atoms with E-state index in [0.29, 0.717) is 18.1 Å². The van der Waals surface area contributed by atoms with Crippen molar-refractivity contribution in [3.05, 3.63) is 58.6 Å². The van der Waals surface area contributed by atoms with E-state index in [9.17, 15) is 4.79 Å². The number of aryl methyl sites for hydroxylation is 1. The predicted molar refractivity (Wildman–Crippen MR) is 95.8 cm³/mol. The van der Waals surface area contributed by atoms with Gasteiger partial charge in [0.25, 0.3) is 0 Å².